The number of anilines is 1. The zero-order valence-electron chi connectivity index (χ0n) is 15.7. The van der Waals surface area contributed by atoms with E-state index in [1.165, 1.54) is 43.9 Å². The smallest absolute Gasteiger partial charge is 0.257 e. The van der Waals surface area contributed by atoms with Gasteiger partial charge in [-0.3, -0.25) is 19.8 Å². The Kier molecular flexibility index (Phi) is 6.95. The predicted molar refractivity (Wildman–Crippen MR) is 108 cm³/mol. The number of aromatic nitrogens is 1. The topological polar surface area (TPSA) is 74.3 Å². The number of hydrogen-bond donors (Lipinski definition) is 2. The molecule has 3 rings (SSSR count). The fourth-order valence-electron chi connectivity index (χ4n) is 3.18. The van der Waals surface area contributed by atoms with Gasteiger partial charge in [0, 0.05) is 31.0 Å². The molecule has 0 atom stereocenters. The first-order valence-corrected chi connectivity index (χ1v) is 10.3. The van der Waals surface area contributed by atoms with E-state index >= 15 is 0 Å². The first-order chi connectivity index (χ1) is 13.1. The molecule has 144 valence electrons. The molecule has 1 aromatic carbocycles. The maximum absolute atomic E-state index is 12.5. The summed E-state index contributed by atoms with van der Waals surface area (Å²) in [5.41, 5.74) is 2.46. The van der Waals surface area contributed by atoms with E-state index < -0.39 is 0 Å². The number of nitrogens with one attached hydrogen (secondary N) is 2. The van der Waals surface area contributed by atoms with Crippen LogP contribution in [0.3, 0.4) is 0 Å². The summed E-state index contributed by atoms with van der Waals surface area (Å²) < 4.78 is 0. The lowest BCUT2D eigenvalue weighted by atomic mass is 10.1. The van der Waals surface area contributed by atoms with Crippen molar-refractivity contribution in [2.75, 3.05) is 18.4 Å². The van der Waals surface area contributed by atoms with Crippen LogP contribution in [0.25, 0.3) is 0 Å². The Morgan fingerprint density at radius 2 is 1.96 bits per heavy atom. The fourth-order valence-corrected chi connectivity index (χ4v) is 3.88. The minimum Gasteiger partial charge on any atom is -0.352 e. The third kappa shape index (κ3) is 6.15. The number of hydrogen-bond acceptors (Lipinski definition) is 5. The van der Waals surface area contributed by atoms with Crippen LogP contribution in [-0.4, -0.2) is 34.8 Å². The number of thiazole rings is 1. The van der Waals surface area contributed by atoms with Crippen molar-refractivity contribution in [3.63, 3.8) is 0 Å². The van der Waals surface area contributed by atoms with Gasteiger partial charge in [0.2, 0.25) is 5.91 Å². The molecular weight excluding hydrogens is 360 g/mol. The molecule has 2 heterocycles. The van der Waals surface area contributed by atoms with Crippen molar-refractivity contribution in [2.45, 2.75) is 45.7 Å². The maximum Gasteiger partial charge on any atom is 0.257 e. The van der Waals surface area contributed by atoms with Gasteiger partial charge in [-0.2, -0.15) is 0 Å². The van der Waals surface area contributed by atoms with Crippen molar-refractivity contribution in [2.24, 2.45) is 0 Å². The lowest BCUT2D eigenvalue weighted by molar-refractivity contribution is -0.119. The van der Waals surface area contributed by atoms with E-state index in [2.05, 4.69) is 20.5 Å². The molecule has 1 aromatic heterocycles. The molecule has 2 amide bonds. The summed E-state index contributed by atoms with van der Waals surface area (Å²) in [5.74, 6) is -0.278. The van der Waals surface area contributed by atoms with Gasteiger partial charge in [0.05, 0.1) is 5.69 Å². The molecule has 7 heteroatoms. The van der Waals surface area contributed by atoms with Gasteiger partial charge >= 0.3 is 0 Å². The number of rotatable bonds is 6. The van der Waals surface area contributed by atoms with Gasteiger partial charge in [-0.1, -0.05) is 25.0 Å². The molecule has 0 aliphatic carbocycles. The highest BCUT2D eigenvalue weighted by molar-refractivity contribution is 7.13. The van der Waals surface area contributed by atoms with E-state index in [0.717, 1.165) is 30.9 Å². The number of likely N-dealkylation sites (tertiary alicyclic amines) is 1. The number of nitrogens with zero attached hydrogens (tertiary/aromatic N) is 2. The van der Waals surface area contributed by atoms with E-state index in [9.17, 15) is 9.59 Å². The van der Waals surface area contributed by atoms with Crippen LogP contribution in [0.4, 0.5) is 5.13 Å². The number of carbonyl (C=O) groups is 2. The third-order valence-electron chi connectivity index (χ3n) is 4.59. The summed E-state index contributed by atoms with van der Waals surface area (Å²) in [7, 11) is 0. The van der Waals surface area contributed by atoms with Gasteiger partial charge in [-0.15, -0.1) is 11.3 Å². The Morgan fingerprint density at radius 3 is 2.70 bits per heavy atom. The summed E-state index contributed by atoms with van der Waals surface area (Å²) in [4.78, 5) is 30.6. The van der Waals surface area contributed by atoms with Crippen LogP contribution in [0.1, 0.15) is 54.2 Å². The van der Waals surface area contributed by atoms with Crippen molar-refractivity contribution in [1.29, 1.82) is 0 Å². The van der Waals surface area contributed by atoms with E-state index in [0.29, 0.717) is 17.2 Å². The zero-order chi connectivity index (χ0) is 19.1. The second-order valence-corrected chi connectivity index (χ2v) is 7.76. The van der Waals surface area contributed by atoms with Crippen LogP contribution in [0.2, 0.25) is 0 Å². The number of carbonyl (C=O) groups excluding carboxylic acids is 2. The Labute approximate surface area is 164 Å². The van der Waals surface area contributed by atoms with E-state index in [4.69, 9.17) is 0 Å². The highest BCUT2D eigenvalue weighted by atomic mass is 32.1. The summed E-state index contributed by atoms with van der Waals surface area (Å²) in [6, 6.07) is 7.25. The average molecular weight is 387 g/mol. The number of benzene rings is 1. The monoisotopic (exact) mass is 386 g/mol. The van der Waals surface area contributed by atoms with Crippen LogP contribution in [0.5, 0.6) is 0 Å². The van der Waals surface area contributed by atoms with Crippen molar-refractivity contribution < 1.29 is 9.59 Å². The van der Waals surface area contributed by atoms with Crippen molar-refractivity contribution in [1.82, 2.24) is 15.2 Å². The normalized spacial score (nSPS) is 15.1. The molecule has 0 radical (unpaired) electrons. The van der Waals surface area contributed by atoms with E-state index in [1.54, 1.807) is 12.1 Å². The largest absolute Gasteiger partial charge is 0.352 e. The highest BCUT2D eigenvalue weighted by Gasteiger charge is 2.13. The van der Waals surface area contributed by atoms with Crippen LogP contribution < -0.4 is 10.6 Å². The lowest BCUT2D eigenvalue weighted by Gasteiger charge is -2.17. The number of amides is 2. The van der Waals surface area contributed by atoms with Gasteiger partial charge in [0.25, 0.3) is 5.91 Å². The summed E-state index contributed by atoms with van der Waals surface area (Å²) >= 11 is 1.46. The third-order valence-corrected chi connectivity index (χ3v) is 5.39. The molecule has 1 aliphatic rings. The van der Waals surface area contributed by atoms with Crippen LogP contribution in [0.15, 0.2) is 29.6 Å². The highest BCUT2D eigenvalue weighted by Crippen LogP contribution is 2.19. The van der Waals surface area contributed by atoms with Gasteiger partial charge in [-0.05, 0) is 43.6 Å². The Bertz CT molecular complexity index is 782. The first-order valence-electron chi connectivity index (χ1n) is 9.41. The van der Waals surface area contributed by atoms with Crippen molar-refractivity contribution in [3.05, 3.63) is 46.5 Å². The average Bonchev–Trinajstić information content (AvgIpc) is 2.93. The standard InChI is InChI=1S/C20H26N4O2S/c1-15(25)21-12-16-7-6-8-17(11-16)19(26)23-20-22-18(14-27-20)13-24-9-4-2-3-5-10-24/h6-8,11,14H,2-5,9-10,12-13H2,1H3,(H,21,25)(H,22,23,26). The molecule has 2 aromatic rings. The summed E-state index contributed by atoms with van der Waals surface area (Å²) in [6.07, 6.45) is 5.14. The Hall–Kier alpha value is -2.25. The zero-order valence-corrected chi connectivity index (χ0v) is 16.5. The van der Waals surface area contributed by atoms with Gasteiger partial charge < -0.3 is 5.32 Å². The maximum atomic E-state index is 12.5. The molecule has 1 fully saturated rings. The molecule has 0 bridgehead atoms. The Morgan fingerprint density at radius 1 is 1.19 bits per heavy atom. The SMILES string of the molecule is CC(=O)NCc1cccc(C(=O)Nc2nc(CN3CCCCCC3)cs2)c1. The molecule has 1 saturated heterocycles. The molecule has 2 N–H and O–H groups in total. The molecule has 0 unspecified atom stereocenters. The molecule has 0 spiro atoms. The lowest BCUT2D eigenvalue weighted by Crippen LogP contribution is -2.24. The molecular formula is C20H26N4O2S. The molecule has 0 saturated carbocycles. The van der Waals surface area contributed by atoms with Crippen LogP contribution >= 0.6 is 11.3 Å². The minimum atomic E-state index is -0.185. The second kappa shape index (κ2) is 9.62. The summed E-state index contributed by atoms with van der Waals surface area (Å²) in [5, 5.41) is 8.27. The minimum absolute atomic E-state index is 0.0930. The Balaban J connectivity index is 1.57. The fraction of sp³-hybridized carbons (Fsp3) is 0.450. The van der Waals surface area contributed by atoms with Gasteiger partial charge in [-0.25, -0.2) is 4.98 Å². The molecule has 1 aliphatic heterocycles. The molecule has 27 heavy (non-hydrogen) atoms. The predicted octanol–water partition coefficient (Wildman–Crippen LogP) is 3.41. The van der Waals surface area contributed by atoms with Gasteiger partial charge in [0.1, 0.15) is 0 Å². The van der Waals surface area contributed by atoms with E-state index in [-0.39, 0.29) is 11.8 Å². The van der Waals surface area contributed by atoms with E-state index in [1.807, 2.05) is 17.5 Å². The van der Waals surface area contributed by atoms with Gasteiger partial charge in [0.15, 0.2) is 5.13 Å². The molecule has 6 nitrogen and oxygen atoms in total. The van der Waals surface area contributed by atoms with Crippen molar-refractivity contribution in [3.8, 4) is 0 Å². The first kappa shape index (κ1) is 19.5. The van der Waals surface area contributed by atoms with Crippen LogP contribution in [-0.2, 0) is 17.9 Å². The van der Waals surface area contributed by atoms with Crippen molar-refractivity contribution >= 4 is 28.3 Å². The summed E-state index contributed by atoms with van der Waals surface area (Å²) in [6.45, 7) is 4.98. The van der Waals surface area contributed by atoms with Crippen LogP contribution in [0, 0.1) is 0 Å². The quantitative estimate of drug-likeness (QED) is 0.798. The second-order valence-electron chi connectivity index (χ2n) is 6.90.